The first-order valence-corrected chi connectivity index (χ1v) is 23.6. The number of unbranched alkanes of at least 4 members (excludes halogenated alkanes) is 16. The SMILES string of the molecule is CC/C=C\C/C=C\C/C=C\C/C=C\C/C=C\C/C=C\CCC(=O)OCC(COC(=O)CCCCCCC)OC(=O)CCCCCCC/C=C\CCCCCCCCC. The van der Waals surface area contributed by atoms with Crippen molar-refractivity contribution in [1.82, 2.24) is 0 Å². The fourth-order valence-electron chi connectivity index (χ4n) is 6.11. The predicted molar refractivity (Wildman–Crippen MR) is 247 cm³/mol. The molecule has 0 fully saturated rings. The second-order valence-electron chi connectivity index (χ2n) is 15.3. The maximum Gasteiger partial charge on any atom is 0.306 e. The van der Waals surface area contributed by atoms with Gasteiger partial charge < -0.3 is 14.2 Å². The zero-order valence-electron chi connectivity index (χ0n) is 37.5. The molecule has 0 aliphatic carbocycles. The lowest BCUT2D eigenvalue weighted by molar-refractivity contribution is -0.166. The molecule has 0 aliphatic rings. The number of rotatable bonds is 41. The second-order valence-corrected chi connectivity index (χ2v) is 15.3. The summed E-state index contributed by atoms with van der Waals surface area (Å²) in [5.41, 5.74) is 0. The van der Waals surface area contributed by atoms with Gasteiger partial charge in [0.15, 0.2) is 6.10 Å². The van der Waals surface area contributed by atoms with E-state index in [4.69, 9.17) is 14.2 Å². The first kappa shape index (κ1) is 54.6. The van der Waals surface area contributed by atoms with Gasteiger partial charge in [-0.15, -0.1) is 0 Å². The molecule has 0 heterocycles. The molecule has 6 nitrogen and oxygen atoms in total. The Balaban J connectivity index is 4.36. The van der Waals surface area contributed by atoms with Crippen molar-refractivity contribution in [2.24, 2.45) is 0 Å². The van der Waals surface area contributed by atoms with E-state index in [9.17, 15) is 14.4 Å². The Labute approximate surface area is 356 Å². The van der Waals surface area contributed by atoms with Crippen molar-refractivity contribution in [1.29, 1.82) is 0 Å². The molecule has 0 aromatic heterocycles. The summed E-state index contributed by atoms with van der Waals surface area (Å²) in [5.74, 6) is -1.02. The van der Waals surface area contributed by atoms with Crippen molar-refractivity contribution < 1.29 is 28.6 Å². The molecule has 6 heteroatoms. The monoisotopic (exact) mass is 807 g/mol. The molecule has 0 amide bonds. The van der Waals surface area contributed by atoms with Crippen LogP contribution < -0.4 is 0 Å². The third-order valence-corrected chi connectivity index (χ3v) is 9.65. The Hall–Kier alpha value is -3.41. The molecule has 0 spiro atoms. The molecule has 0 N–H and O–H groups in total. The molecule has 330 valence electrons. The maximum absolute atomic E-state index is 12.7. The number of ether oxygens (including phenoxy) is 3. The molecule has 1 atom stereocenters. The van der Waals surface area contributed by atoms with E-state index in [1.54, 1.807) is 0 Å². The van der Waals surface area contributed by atoms with Crippen molar-refractivity contribution in [3.8, 4) is 0 Å². The van der Waals surface area contributed by atoms with Crippen LogP contribution in [0.5, 0.6) is 0 Å². The second kappa shape index (κ2) is 46.3. The minimum absolute atomic E-state index is 0.105. The lowest BCUT2D eigenvalue weighted by Gasteiger charge is -2.18. The standard InChI is InChI=1S/C52H86O6/c1-4-7-10-13-15-17-19-21-23-25-26-27-29-30-32-34-36-39-42-45-51(54)57-48-49(47-56-50(53)44-41-38-12-9-6-3)58-52(55)46-43-40-37-35-33-31-28-24-22-20-18-16-14-11-8-5-2/h7,10,15,17,21,23-24,26-28,30,32,36,39,49H,4-6,8-9,11-14,16,18-20,22,25,29,31,33-35,37-38,40-48H2,1-3H3/b10-7-,17-15-,23-21-,27-26-,28-24-,32-30-,39-36-. The molecule has 0 radical (unpaired) electrons. The Kier molecular flexibility index (Phi) is 43.6. The molecule has 0 rings (SSSR count). The highest BCUT2D eigenvalue weighted by Crippen LogP contribution is 2.12. The van der Waals surface area contributed by atoms with Crippen LogP contribution in [0.15, 0.2) is 85.1 Å². The van der Waals surface area contributed by atoms with Gasteiger partial charge in [0, 0.05) is 19.3 Å². The normalized spacial score (nSPS) is 12.8. The van der Waals surface area contributed by atoms with Crippen LogP contribution in [0.25, 0.3) is 0 Å². The third-order valence-electron chi connectivity index (χ3n) is 9.65. The summed E-state index contributed by atoms with van der Waals surface area (Å²) in [5, 5.41) is 0. The van der Waals surface area contributed by atoms with E-state index in [1.807, 2.05) is 12.2 Å². The molecule has 1 unspecified atom stereocenters. The quantitative estimate of drug-likeness (QED) is 0.0265. The maximum atomic E-state index is 12.7. The smallest absolute Gasteiger partial charge is 0.306 e. The molecule has 0 aromatic carbocycles. The fraction of sp³-hybridized carbons (Fsp3) is 0.673. The fourth-order valence-corrected chi connectivity index (χ4v) is 6.11. The lowest BCUT2D eigenvalue weighted by Crippen LogP contribution is -2.30. The molecule has 58 heavy (non-hydrogen) atoms. The van der Waals surface area contributed by atoms with Gasteiger partial charge in [0.25, 0.3) is 0 Å². The van der Waals surface area contributed by atoms with Gasteiger partial charge in [-0.1, -0.05) is 189 Å². The lowest BCUT2D eigenvalue weighted by atomic mass is 10.1. The average molecular weight is 807 g/mol. The molecular weight excluding hydrogens is 721 g/mol. The number of allylic oxidation sites excluding steroid dienone is 14. The number of esters is 3. The van der Waals surface area contributed by atoms with E-state index < -0.39 is 6.10 Å². The summed E-state index contributed by atoms with van der Waals surface area (Å²) in [4.78, 5) is 37.5. The van der Waals surface area contributed by atoms with Crippen LogP contribution >= 0.6 is 0 Å². The van der Waals surface area contributed by atoms with Gasteiger partial charge in [-0.05, 0) is 83.5 Å². The van der Waals surface area contributed by atoms with Gasteiger partial charge in [0.2, 0.25) is 0 Å². The molecule has 0 bridgehead atoms. The van der Waals surface area contributed by atoms with Crippen LogP contribution in [-0.4, -0.2) is 37.2 Å². The highest BCUT2D eigenvalue weighted by molar-refractivity contribution is 5.71. The van der Waals surface area contributed by atoms with Crippen LogP contribution in [0.1, 0.15) is 207 Å². The molecule has 0 aromatic rings. The van der Waals surface area contributed by atoms with Gasteiger partial charge in [-0.2, -0.15) is 0 Å². The number of hydrogen-bond acceptors (Lipinski definition) is 6. The predicted octanol–water partition coefficient (Wildman–Crippen LogP) is 15.3. The first-order chi connectivity index (χ1) is 28.5. The minimum atomic E-state index is -0.806. The van der Waals surface area contributed by atoms with E-state index in [0.29, 0.717) is 19.3 Å². The van der Waals surface area contributed by atoms with Crippen molar-refractivity contribution >= 4 is 17.9 Å². The summed E-state index contributed by atoms with van der Waals surface area (Å²) in [6.45, 7) is 6.34. The highest BCUT2D eigenvalue weighted by atomic mass is 16.6. The van der Waals surface area contributed by atoms with E-state index in [1.165, 1.54) is 57.8 Å². The Morgan fingerprint density at radius 2 is 0.707 bits per heavy atom. The topological polar surface area (TPSA) is 78.9 Å². The third kappa shape index (κ3) is 43.7. The van der Waals surface area contributed by atoms with Gasteiger partial charge in [0.1, 0.15) is 13.2 Å². The number of carbonyl (C=O) groups excluding carboxylic acids is 3. The number of hydrogen-bond donors (Lipinski definition) is 0. The Morgan fingerprint density at radius 3 is 1.16 bits per heavy atom. The summed E-state index contributed by atoms with van der Waals surface area (Å²) >= 11 is 0. The molecule has 0 aliphatic heterocycles. The average Bonchev–Trinajstić information content (AvgIpc) is 3.22. The van der Waals surface area contributed by atoms with Crippen molar-refractivity contribution in [2.45, 2.75) is 213 Å². The number of carbonyl (C=O) groups is 3. The van der Waals surface area contributed by atoms with E-state index >= 15 is 0 Å². The van der Waals surface area contributed by atoms with Gasteiger partial charge in [0.05, 0.1) is 0 Å². The van der Waals surface area contributed by atoms with E-state index in [-0.39, 0.29) is 37.5 Å². The van der Waals surface area contributed by atoms with Crippen LogP contribution in [-0.2, 0) is 28.6 Å². The van der Waals surface area contributed by atoms with E-state index in [0.717, 1.165) is 103 Å². The van der Waals surface area contributed by atoms with Crippen molar-refractivity contribution in [3.63, 3.8) is 0 Å². The van der Waals surface area contributed by atoms with Crippen LogP contribution in [0.2, 0.25) is 0 Å². The van der Waals surface area contributed by atoms with E-state index in [2.05, 4.69) is 93.7 Å². The first-order valence-electron chi connectivity index (χ1n) is 23.6. The van der Waals surface area contributed by atoms with Crippen LogP contribution in [0, 0.1) is 0 Å². The minimum Gasteiger partial charge on any atom is -0.462 e. The summed E-state index contributed by atoms with van der Waals surface area (Å²) in [6.07, 6.45) is 59.0. The van der Waals surface area contributed by atoms with Gasteiger partial charge in [-0.25, -0.2) is 0 Å². The zero-order chi connectivity index (χ0) is 42.3. The highest BCUT2D eigenvalue weighted by Gasteiger charge is 2.19. The largest absolute Gasteiger partial charge is 0.462 e. The summed E-state index contributed by atoms with van der Waals surface area (Å²) < 4.78 is 16.5. The van der Waals surface area contributed by atoms with Gasteiger partial charge >= 0.3 is 17.9 Å². The van der Waals surface area contributed by atoms with Gasteiger partial charge in [-0.3, -0.25) is 14.4 Å². The van der Waals surface area contributed by atoms with Crippen LogP contribution in [0.3, 0.4) is 0 Å². The summed E-state index contributed by atoms with van der Waals surface area (Å²) in [7, 11) is 0. The van der Waals surface area contributed by atoms with Crippen molar-refractivity contribution in [2.75, 3.05) is 13.2 Å². The zero-order valence-corrected chi connectivity index (χ0v) is 37.5. The van der Waals surface area contributed by atoms with Crippen molar-refractivity contribution in [3.05, 3.63) is 85.1 Å². The Morgan fingerprint density at radius 1 is 0.362 bits per heavy atom. The Bertz CT molecular complexity index is 1160. The van der Waals surface area contributed by atoms with Crippen LogP contribution in [0.4, 0.5) is 0 Å². The molecule has 0 saturated heterocycles. The molecule has 0 saturated carbocycles. The molecular formula is C52H86O6. The summed E-state index contributed by atoms with van der Waals surface area (Å²) in [6, 6.07) is 0.